The standard InChI is InChI=1S/C22H18F3N3O3/c1-28(22(30)17-5-10-4-11(23)2-3-16(10)26-17)19-9-31-8-18-20(19)12-6-14(24)15(25)7-13(12)21(29)27-18/h2-4,6-7,17,19,26H,5,8-9H2,1H3,(H,27,29). The third-order valence-corrected chi connectivity index (χ3v) is 5.97. The van der Waals surface area contributed by atoms with E-state index in [2.05, 4.69) is 10.3 Å². The Hall–Kier alpha value is -3.33. The van der Waals surface area contributed by atoms with Crippen molar-refractivity contribution in [3.8, 4) is 0 Å². The zero-order valence-electron chi connectivity index (χ0n) is 16.5. The molecule has 0 bridgehead atoms. The second-order valence-corrected chi connectivity index (χ2v) is 7.84. The summed E-state index contributed by atoms with van der Waals surface area (Å²) < 4.78 is 46.9. The van der Waals surface area contributed by atoms with Crippen LogP contribution in [0, 0.1) is 17.5 Å². The Morgan fingerprint density at radius 2 is 1.87 bits per heavy atom. The van der Waals surface area contributed by atoms with Crippen molar-refractivity contribution in [2.75, 3.05) is 19.0 Å². The molecule has 0 saturated heterocycles. The topological polar surface area (TPSA) is 74.4 Å². The van der Waals surface area contributed by atoms with Crippen molar-refractivity contribution in [3.63, 3.8) is 0 Å². The number of fused-ring (bicyclic) bond motifs is 4. The first-order valence-electron chi connectivity index (χ1n) is 9.76. The third-order valence-electron chi connectivity index (χ3n) is 5.97. The summed E-state index contributed by atoms with van der Waals surface area (Å²) >= 11 is 0. The number of rotatable bonds is 2. The lowest BCUT2D eigenvalue weighted by Crippen LogP contribution is -2.44. The second-order valence-electron chi connectivity index (χ2n) is 7.84. The molecule has 2 aromatic carbocycles. The monoisotopic (exact) mass is 429 g/mol. The fourth-order valence-corrected chi connectivity index (χ4v) is 4.43. The summed E-state index contributed by atoms with van der Waals surface area (Å²) in [6, 6.07) is 4.93. The van der Waals surface area contributed by atoms with Crippen molar-refractivity contribution < 1.29 is 22.7 Å². The SMILES string of the molecule is CN(C(=O)C1Cc2cc(F)ccc2N1)C1COCc2[nH]c(=O)c3cc(F)c(F)cc3c21. The van der Waals surface area contributed by atoms with Crippen molar-refractivity contribution in [3.05, 3.63) is 75.0 Å². The van der Waals surface area contributed by atoms with Crippen LogP contribution in [0.25, 0.3) is 10.8 Å². The molecule has 2 atom stereocenters. The molecule has 9 heteroatoms. The normalized spacial score (nSPS) is 19.6. The molecule has 1 aromatic heterocycles. The predicted octanol–water partition coefficient (Wildman–Crippen LogP) is 3.01. The summed E-state index contributed by atoms with van der Waals surface area (Å²) in [5, 5.41) is 3.35. The quantitative estimate of drug-likeness (QED) is 0.657. The zero-order valence-corrected chi connectivity index (χ0v) is 16.5. The molecule has 2 N–H and O–H groups in total. The molecule has 3 aromatic rings. The van der Waals surface area contributed by atoms with E-state index < -0.39 is 29.3 Å². The van der Waals surface area contributed by atoms with Gasteiger partial charge in [-0.15, -0.1) is 0 Å². The van der Waals surface area contributed by atoms with Gasteiger partial charge in [-0.25, -0.2) is 13.2 Å². The molecule has 3 heterocycles. The summed E-state index contributed by atoms with van der Waals surface area (Å²) in [6.07, 6.45) is 0.322. The number of aromatic amines is 1. The Kier molecular flexibility index (Phi) is 4.51. The lowest BCUT2D eigenvalue weighted by molar-refractivity contribution is -0.134. The number of hydrogen-bond donors (Lipinski definition) is 2. The number of H-pyrrole nitrogens is 1. The minimum Gasteiger partial charge on any atom is -0.373 e. The maximum atomic E-state index is 14.0. The van der Waals surface area contributed by atoms with E-state index in [9.17, 15) is 22.8 Å². The molecule has 2 aliphatic heterocycles. The number of amides is 1. The lowest BCUT2D eigenvalue weighted by Gasteiger charge is -2.35. The van der Waals surface area contributed by atoms with Crippen molar-refractivity contribution in [2.45, 2.75) is 25.1 Å². The molecule has 0 fully saturated rings. The number of likely N-dealkylation sites (N-methyl/N-ethyl adjacent to an activating group) is 1. The molecule has 31 heavy (non-hydrogen) atoms. The minimum absolute atomic E-state index is 0.00673. The zero-order chi connectivity index (χ0) is 21.9. The minimum atomic E-state index is -1.12. The van der Waals surface area contributed by atoms with Crippen LogP contribution in [0.1, 0.15) is 22.9 Å². The lowest BCUT2D eigenvalue weighted by atomic mass is 9.95. The van der Waals surface area contributed by atoms with Crippen LogP contribution < -0.4 is 10.9 Å². The van der Waals surface area contributed by atoms with Crippen LogP contribution >= 0.6 is 0 Å². The van der Waals surface area contributed by atoms with E-state index in [0.717, 1.165) is 12.1 Å². The number of anilines is 1. The van der Waals surface area contributed by atoms with E-state index in [0.29, 0.717) is 28.9 Å². The summed E-state index contributed by atoms with van der Waals surface area (Å²) in [7, 11) is 1.59. The highest BCUT2D eigenvalue weighted by Crippen LogP contribution is 2.35. The van der Waals surface area contributed by atoms with Crippen LogP contribution in [0.3, 0.4) is 0 Å². The summed E-state index contributed by atoms with van der Waals surface area (Å²) in [6.45, 7) is 0.216. The molecule has 0 aliphatic carbocycles. The van der Waals surface area contributed by atoms with Crippen LogP contribution in [0.4, 0.5) is 18.9 Å². The molecule has 2 unspecified atom stereocenters. The molecule has 5 rings (SSSR count). The number of benzene rings is 2. The van der Waals surface area contributed by atoms with Gasteiger partial charge in [-0.2, -0.15) is 0 Å². The number of hydrogen-bond acceptors (Lipinski definition) is 4. The van der Waals surface area contributed by atoms with Crippen molar-refractivity contribution in [1.82, 2.24) is 9.88 Å². The molecule has 1 amide bonds. The van der Waals surface area contributed by atoms with E-state index in [-0.39, 0.29) is 35.7 Å². The number of carbonyl (C=O) groups excluding carboxylic acids is 1. The summed E-state index contributed by atoms with van der Waals surface area (Å²) in [5.74, 6) is -2.83. The van der Waals surface area contributed by atoms with Crippen LogP contribution in [0.5, 0.6) is 0 Å². The maximum absolute atomic E-state index is 14.0. The molecule has 2 aliphatic rings. The first kappa shape index (κ1) is 19.6. The highest BCUT2D eigenvalue weighted by atomic mass is 19.2. The van der Waals surface area contributed by atoms with E-state index >= 15 is 0 Å². The predicted molar refractivity (Wildman–Crippen MR) is 107 cm³/mol. The molecular formula is C22H18F3N3O3. The molecule has 0 spiro atoms. The van der Waals surface area contributed by atoms with E-state index in [1.807, 2.05) is 0 Å². The molecule has 0 radical (unpaired) electrons. The van der Waals surface area contributed by atoms with Gasteiger partial charge in [-0.05, 0) is 41.3 Å². The Morgan fingerprint density at radius 1 is 1.13 bits per heavy atom. The van der Waals surface area contributed by atoms with Gasteiger partial charge in [0, 0.05) is 30.4 Å². The number of nitrogens with zero attached hydrogens (tertiary/aromatic N) is 1. The first-order valence-corrected chi connectivity index (χ1v) is 9.76. The number of pyridine rings is 1. The highest BCUT2D eigenvalue weighted by Gasteiger charge is 2.36. The maximum Gasteiger partial charge on any atom is 0.256 e. The van der Waals surface area contributed by atoms with Crippen LogP contribution in [0.15, 0.2) is 35.1 Å². The van der Waals surface area contributed by atoms with Gasteiger partial charge in [0.05, 0.1) is 24.6 Å². The smallest absolute Gasteiger partial charge is 0.256 e. The van der Waals surface area contributed by atoms with Crippen molar-refractivity contribution in [2.24, 2.45) is 0 Å². The highest BCUT2D eigenvalue weighted by molar-refractivity contribution is 5.90. The van der Waals surface area contributed by atoms with E-state index in [4.69, 9.17) is 4.74 Å². The third kappa shape index (κ3) is 3.16. The Morgan fingerprint density at radius 3 is 2.65 bits per heavy atom. The van der Waals surface area contributed by atoms with Gasteiger partial charge in [-0.3, -0.25) is 9.59 Å². The Balaban J connectivity index is 1.53. The van der Waals surface area contributed by atoms with Crippen molar-refractivity contribution in [1.29, 1.82) is 0 Å². The summed E-state index contributed by atoms with van der Waals surface area (Å²) in [4.78, 5) is 29.7. The van der Waals surface area contributed by atoms with E-state index in [1.165, 1.54) is 17.0 Å². The van der Waals surface area contributed by atoms with Crippen LogP contribution in [0.2, 0.25) is 0 Å². The van der Waals surface area contributed by atoms with Crippen LogP contribution in [-0.4, -0.2) is 35.5 Å². The fourth-order valence-electron chi connectivity index (χ4n) is 4.43. The van der Waals surface area contributed by atoms with Gasteiger partial charge in [0.25, 0.3) is 5.56 Å². The number of ether oxygens (including phenoxy) is 1. The average Bonchev–Trinajstić information content (AvgIpc) is 3.17. The van der Waals surface area contributed by atoms with Crippen LogP contribution in [-0.2, 0) is 22.6 Å². The van der Waals surface area contributed by atoms with E-state index in [1.54, 1.807) is 13.1 Å². The van der Waals surface area contributed by atoms with Crippen molar-refractivity contribution >= 4 is 22.4 Å². The second kappa shape index (κ2) is 7.12. The van der Waals surface area contributed by atoms with Gasteiger partial charge >= 0.3 is 0 Å². The van der Waals surface area contributed by atoms with Gasteiger partial charge in [0.15, 0.2) is 11.6 Å². The van der Waals surface area contributed by atoms with Gasteiger partial charge in [0.1, 0.15) is 11.9 Å². The van der Waals surface area contributed by atoms with Gasteiger partial charge in [-0.1, -0.05) is 0 Å². The fraction of sp³-hybridized carbons (Fsp3) is 0.273. The molecule has 6 nitrogen and oxygen atoms in total. The first-order chi connectivity index (χ1) is 14.8. The number of aromatic nitrogens is 1. The Bertz CT molecular complexity index is 1290. The number of halogens is 3. The van der Waals surface area contributed by atoms with Gasteiger partial charge < -0.3 is 19.9 Å². The number of nitrogens with one attached hydrogen (secondary N) is 2. The molecular weight excluding hydrogens is 411 g/mol. The largest absolute Gasteiger partial charge is 0.373 e. The Labute approximate surface area is 174 Å². The number of carbonyl (C=O) groups is 1. The van der Waals surface area contributed by atoms with Gasteiger partial charge in [0.2, 0.25) is 5.91 Å². The summed E-state index contributed by atoms with van der Waals surface area (Å²) in [5.41, 5.74) is 1.79. The average molecular weight is 429 g/mol. The molecule has 0 saturated carbocycles. The molecule has 160 valence electrons.